The van der Waals surface area contributed by atoms with Crippen LogP contribution in [0.25, 0.3) is 10.9 Å². The number of para-hydroxylation sites is 1. The minimum absolute atomic E-state index is 0.455. The predicted molar refractivity (Wildman–Crippen MR) is 79.4 cm³/mol. The van der Waals surface area contributed by atoms with Crippen LogP contribution in [0.1, 0.15) is 44.4 Å². The molecule has 0 aliphatic rings. The number of hydrogen-bond donors (Lipinski definition) is 1. The highest BCUT2D eigenvalue weighted by Crippen LogP contribution is 2.28. The van der Waals surface area contributed by atoms with Gasteiger partial charge in [-0.3, -0.25) is 4.98 Å². The Balaban J connectivity index is 2.71. The van der Waals surface area contributed by atoms with Gasteiger partial charge in [0.15, 0.2) is 0 Å². The van der Waals surface area contributed by atoms with Crippen molar-refractivity contribution in [1.29, 1.82) is 0 Å². The molecule has 2 rings (SSSR count). The summed E-state index contributed by atoms with van der Waals surface area (Å²) in [6, 6.07) is 8.65. The third-order valence-corrected chi connectivity index (χ3v) is 3.32. The smallest absolute Gasteiger partial charge is 0.0758 e. The zero-order chi connectivity index (χ0) is 13.1. The normalized spacial score (nSPS) is 11.2. The first-order valence-electron chi connectivity index (χ1n) is 6.77. The van der Waals surface area contributed by atoms with Gasteiger partial charge in [-0.1, -0.05) is 45.4 Å². The average Bonchev–Trinajstić information content (AvgIpc) is 2.38. The molecule has 1 aromatic heterocycles. The van der Waals surface area contributed by atoms with E-state index >= 15 is 0 Å². The number of nitrogens with zero attached hydrogens (tertiary/aromatic N) is 1. The quantitative estimate of drug-likeness (QED) is 0.862. The van der Waals surface area contributed by atoms with E-state index in [4.69, 9.17) is 4.98 Å². The minimum Gasteiger partial charge on any atom is -0.388 e. The summed E-state index contributed by atoms with van der Waals surface area (Å²) >= 11 is 0. The molecule has 0 fully saturated rings. The molecule has 0 saturated heterocycles. The number of anilines is 1. The van der Waals surface area contributed by atoms with E-state index in [9.17, 15) is 0 Å². The Kier molecular flexibility index (Phi) is 3.85. The van der Waals surface area contributed by atoms with Gasteiger partial charge in [0, 0.05) is 23.8 Å². The molecule has 1 heterocycles. The molecule has 0 aliphatic heterocycles. The lowest BCUT2D eigenvalue weighted by Crippen LogP contribution is -2.00. The second-order valence-corrected chi connectivity index (χ2v) is 5.06. The summed E-state index contributed by atoms with van der Waals surface area (Å²) in [7, 11) is 1.98. The summed E-state index contributed by atoms with van der Waals surface area (Å²) < 4.78 is 0. The van der Waals surface area contributed by atoms with Crippen molar-refractivity contribution < 1.29 is 0 Å². The van der Waals surface area contributed by atoms with Crippen molar-refractivity contribution >= 4 is 16.6 Å². The Morgan fingerprint density at radius 2 is 2.06 bits per heavy atom. The molecule has 18 heavy (non-hydrogen) atoms. The molecule has 0 saturated carbocycles. The van der Waals surface area contributed by atoms with Gasteiger partial charge < -0.3 is 5.32 Å². The Hall–Kier alpha value is -1.57. The number of rotatable bonds is 4. The van der Waals surface area contributed by atoms with Crippen LogP contribution in [0.4, 0.5) is 5.69 Å². The molecule has 2 aromatic rings. The van der Waals surface area contributed by atoms with Crippen LogP contribution in [0.3, 0.4) is 0 Å². The highest BCUT2D eigenvalue weighted by atomic mass is 14.8. The molecule has 0 radical (unpaired) electrons. The summed E-state index contributed by atoms with van der Waals surface area (Å²) in [6.07, 6.45) is 2.25. The molecule has 96 valence electrons. The zero-order valence-electron chi connectivity index (χ0n) is 11.7. The maximum Gasteiger partial charge on any atom is 0.0758 e. The molecular formula is C16H22N2. The van der Waals surface area contributed by atoms with E-state index in [1.165, 1.54) is 16.6 Å². The van der Waals surface area contributed by atoms with Gasteiger partial charge in [0.25, 0.3) is 0 Å². The lowest BCUT2D eigenvalue weighted by molar-refractivity contribution is 0.828. The Bertz CT molecular complexity index is 544. The fraction of sp³-hybridized carbons (Fsp3) is 0.438. The first kappa shape index (κ1) is 12.9. The van der Waals surface area contributed by atoms with Gasteiger partial charge in [-0.2, -0.15) is 0 Å². The summed E-state index contributed by atoms with van der Waals surface area (Å²) in [5.41, 5.74) is 4.86. The van der Waals surface area contributed by atoms with Crippen LogP contribution in [0.5, 0.6) is 0 Å². The second-order valence-electron chi connectivity index (χ2n) is 5.06. The molecule has 0 spiro atoms. The maximum absolute atomic E-state index is 4.86. The van der Waals surface area contributed by atoms with Crippen molar-refractivity contribution in [2.24, 2.45) is 0 Å². The van der Waals surface area contributed by atoms with E-state index in [-0.39, 0.29) is 0 Å². The maximum atomic E-state index is 4.86. The van der Waals surface area contributed by atoms with Crippen LogP contribution in [-0.2, 0) is 6.42 Å². The van der Waals surface area contributed by atoms with Crippen molar-refractivity contribution in [2.75, 3.05) is 12.4 Å². The molecule has 0 unspecified atom stereocenters. The van der Waals surface area contributed by atoms with E-state index in [0.717, 1.165) is 24.1 Å². The monoisotopic (exact) mass is 242 g/mol. The highest BCUT2D eigenvalue weighted by molar-refractivity contribution is 5.93. The van der Waals surface area contributed by atoms with Gasteiger partial charge in [0.05, 0.1) is 5.52 Å². The largest absolute Gasteiger partial charge is 0.388 e. The Morgan fingerprint density at radius 1 is 1.28 bits per heavy atom. The Labute approximate surface area is 109 Å². The third-order valence-electron chi connectivity index (χ3n) is 3.32. The molecular weight excluding hydrogens is 220 g/mol. The number of benzene rings is 1. The number of aromatic nitrogens is 1. The van der Waals surface area contributed by atoms with Crippen LogP contribution in [0.15, 0.2) is 24.3 Å². The van der Waals surface area contributed by atoms with Crippen molar-refractivity contribution in [3.63, 3.8) is 0 Å². The number of fused-ring (bicyclic) bond motifs is 1. The number of hydrogen-bond acceptors (Lipinski definition) is 2. The SMILES string of the molecule is CCCc1cccc2c(NC)cc(C(C)C)nc12. The molecule has 0 bridgehead atoms. The standard InChI is InChI=1S/C16H22N2/c1-5-7-12-8-6-9-13-15(17-4)10-14(11(2)3)18-16(12)13/h6,8-11H,5,7H2,1-4H3,(H,17,18). The molecule has 2 heteroatoms. The van der Waals surface area contributed by atoms with Crippen molar-refractivity contribution in [3.8, 4) is 0 Å². The van der Waals surface area contributed by atoms with Gasteiger partial charge in [-0.05, 0) is 24.0 Å². The van der Waals surface area contributed by atoms with Crippen LogP contribution in [-0.4, -0.2) is 12.0 Å². The van der Waals surface area contributed by atoms with Crippen LogP contribution < -0.4 is 5.32 Å². The summed E-state index contributed by atoms with van der Waals surface area (Å²) in [5.74, 6) is 0.455. The van der Waals surface area contributed by atoms with E-state index in [2.05, 4.69) is 50.4 Å². The number of pyridine rings is 1. The van der Waals surface area contributed by atoms with Crippen LogP contribution in [0, 0.1) is 0 Å². The summed E-state index contributed by atoms with van der Waals surface area (Å²) in [6.45, 7) is 6.59. The summed E-state index contributed by atoms with van der Waals surface area (Å²) in [4.78, 5) is 4.86. The fourth-order valence-corrected chi connectivity index (χ4v) is 2.30. The fourth-order valence-electron chi connectivity index (χ4n) is 2.30. The van der Waals surface area contributed by atoms with Crippen molar-refractivity contribution in [3.05, 3.63) is 35.5 Å². The van der Waals surface area contributed by atoms with E-state index in [0.29, 0.717) is 5.92 Å². The molecule has 2 nitrogen and oxygen atoms in total. The van der Waals surface area contributed by atoms with E-state index in [1.807, 2.05) is 7.05 Å². The predicted octanol–water partition coefficient (Wildman–Crippen LogP) is 4.35. The van der Waals surface area contributed by atoms with Crippen LogP contribution in [0.2, 0.25) is 0 Å². The number of nitrogens with one attached hydrogen (secondary N) is 1. The molecule has 0 aliphatic carbocycles. The van der Waals surface area contributed by atoms with Gasteiger partial charge in [0.1, 0.15) is 0 Å². The lowest BCUT2D eigenvalue weighted by atomic mass is 10.0. The first-order chi connectivity index (χ1) is 8.67. The van der Waals surface area contributed by atoms with Gasteiger partial charge >= 0.3 is 0 Å². The number of aryl methyl sites for hydroxylation is 1. The molecule has 1 N–H and O–H groups in total. The average molecular weight is 242 g/mol. The van der Waals surface area contributed by atoms with E-state index in [1.54, 1.807) is 0 Å². The molecule has 0 atom stereocenters. The summed E-state index contributed by atoms with van der Waals surface area (Å²) in [5, 5.41) is 4.52. The lowest BCUT2D eigenvalue weighted by Gasteiger charge is -2.13. The van der Waals surface area contributed by atoms with Crippen LogP contribution >= 0.6 is 0 Å². The Morgan fingerprint density at radius 3 is 2.67 bits per heavy atom. The van der Waals surface area contributed by atoms with Gasteiger partial charge in [0.2, 0.25) is 0 Å². The first-order valence-corrected chi connectivity index (χ1v) is 6.77. The minimum atomic E-state index is 0.455. The van der Waals surface area contributed by atoms with Gasteiger partial charge in [-0.25, -0.2) is 0 Å². The zero-order valence-corrected chi connectivity index (χ0v) is 11.7. The molecule has 0 amide bonds. The molecule has 1 aromatic carbocycles. The van der Waals surface area contributed by atoms with Gasteiger partial charge in [-0.15, -0.1) is 0 Å². The van der Waals surface area contributed by atoms with Crippen molar-refractivity contribution in [1.82, 2.24) is 4.98 Å². The van der Waals surface area contributed by atoms with Crippen molar-refractivity contribution in [2.45, 2.75) is 39.5 Å². The van der Waals surface area contributed by atoms with E-state index < -0.39 is 0 Å². The topological polar surface area (TPSA) is 24.9 Å². The highest BCUT2D eigenvalue weighted by Gasteiger charge is 2.10. The third kappa shape index (κ3) is 2.33. The second kappa shape index (κ2) is 5.38.